The highest BCUT2D eigenvalue weighted by Crippen LogP contribution is 2.10. The number of carbonyl (C=O) groups excluding carboxylic acids is 1. The molecule has 0 saturated heterocycles. The van der Waals surface area contributed by atoms with Gasteiger partial charge in [0, 0.05) is 28.5 Å². The van der Waals surface area contributed by atoms with Crippen molar-refractivity contribution in [3.05, 3.63) is 69.3 Å². The van der Waals surface area contributed by atoms with Crippen molar-refractivity contribution >= 4 is 16.8 Å². The first-order chi connectivity index (χ1) is 11.5. The molecule has 1 heterocycles. The number of benzene rings is 1. The molecule has 2 aromatic rings. The van der Waals surface area contributed by atoms with Crippen LogP contribution in [0.5, 0.6) is 0 Å². The van der Waals surface area contributed by atoms with E-state index in [2.05, 4.69) is 10.3 Å². The third kappa shape index (κ3) is 3.74. The Morgan fingerprint density at radius 2 is 1.96 bits per heavy atom. The highest BCUT2D eigenvalue weighted by atomic mass is 16.2. The van der Waals surface area contributed by atoms with Crippen LogP contribution in [0.25, 0.3) is 10.9 Å². The fraction of sp³-hybridized carbons (Fsp3) is 0.263. The molecule has 5 nitrogen and oxygen atoms in total. The van der Waals surface area contributed by atoms with Gasteiger partial charge in [0.1, 0.15) is 5.56 Å². The van der Waals surface area contributed by atoms with Crippen LogP contribution in [0, 0.1) is 0 Å². The summed E-state index contributed by atoms with van der Waals surface area (Å²) < 4.78 is 0. The van der Waals surface area contributed by atoms with Crippen molar-refractivity contribution < 1.29 is 4.79 Å². The summed E-state index contributed by atoms with van der Waals surface area (Å²) in [6, 6.07) is 7.11. The second-order valence-electron chi connectivity index (χ2n) is 5.64. The molecule has 1 aromatic carbocycles. The van der Waals surface area contributed by atoms with Gasteiger partial charge in [-0.15, -0.1) is 0 Å². The van der Waals surface area contributed by atoms with E-state index >= 15 is 0 Å². The Hall–Kier alpha value is -2.82. The van der Waals surface area contributed by atoms with Crippen LogP contribution < -0.4 is 16.5 Å². The predicted octanol–water partition coefficient (Wildman–Crippen LogP) is 3.19. The van der Waals surface area contributed by atoms with Crippen molar-refractivity contribution in [2.45, 2.75) is 33.6 Å². The molecule has 0 spiro atoms. The van der Waals surface area contributed by atoms with Gasteiger partial charge in [-0.1, -0.05) is 31.6 Å². The normalized spacial score (nSPS) is 12.9. The monoisotopic (exact) mass is 325 g/mol. The number of fused-ring (bicyclic) bond motifs is 1. The molecule has 0 aliphatic carbocycles. The number of hydrogen-bond donors (Lipinski definition) is 3. The Balaban J connectivity index is 2.34. The molecule has 4 N–H and O–H groups in total. The summed E-state index contributed by atoms with van der Waals surface area (Å²) in [6.45, 7) is 5.90. The van der Waals surface area contributed by atoms with Crippen LogP contribution >= 0.6 is 0 Å². The van der Waals surface area contributed by atoms with Crippen LogP contribution in [0.15, 0.2) is 58.3 Å². The highest BCUT2D eigenvalue weighted by Gasteiger charge is 2.13. The minimum Gasteiger partial charge on any atom is -0.399 e. The molecule has 0 unspecified atom stereocenters. The average molecular weight is 325 g/mol. The molecule has 0 bridgehead atoms. The number of hydrogen-bond acceptors (Lipinski definition) is 3. The fourth-order valence-corrected chi connectivity index (χ4v) is 2.29. The molecule has 24 heavy (non-hydrogen) atoms. The summed E-state index contributed by atoms with van der Waals surface area (Å²) in [6.07, 6.45) is 4.66. The minimum absolute atomic E-state index is 0.0859. The van der Waals surface area contributed by atoms with Crippen LogP contribution in [0.2, 0.25) is 0 Å². The summed E-state index contributed by atoms with van der Waals surface area (Å²) >= 11 is 0. The number of pyridine rings is 1. The number of carbonyl (C=O) groups is 1. The molecule has 126 valence electrons. The number of nitrogens with two attached hydrogens (primary N) is 1. The number of para-hydroxylation sites is 1. The molecule has 0 fully saturated rings. The Labute approximate surface area is 141 Å². The van der Waals surface area contributed by atoms with Crippen LogP contribution in [0.3, 0.4) is 0 Å². The molecule has 5 heteroatoms. The number of H-pyrrole nitrogens is 1. The molecule has 0 radical (unpaired) electrons. The minimum atomic E-state index is -0.433. The van der Waals surface area contributed by atoms with Crippen LogP contribution in [0.4, 0.5) is 0 Å². The van der Waals surface area contributed by atoms with E-state index in [1.165, 1.54) is 6.20 Å². The number of aromatic amines is 1. The van der Waals surface area contributed by atoms with Gasteiger partial charge < -0.3 is 16.0 Å². The largest absolute Gasteiger partial charge is 0.399 e. The first kappa shape index (κ1) is 17.5. The summed E-state index contributed by atoms with van der Waals surface area (Å²) in [5, 5.41) is 3.28. The van der Waals surface area contributed by atoms with Crippen LogP contribution in [-0.4, -0.2) is 10.9 Å². The summed E-state index contributed by atoms with van der Waals surface area (Å²) in [4.78, 5) is 27.9. The topological polar surface area (TPSA) is 88.0 Å². The van der Waals surface area contributed by atoms with Crippen molar-refractivity contribution in [2.24, 2.45) is 5.73 Å². The number of amides is 1. The lowest BCUT2D eigenvalue weighted by Gasteiger charge is -2.10. The van der Waals surface area contributed by atoms with Crippen LogP contribution in [-0.2, 0) is 0 Å². The number of nitrogens with one attached hydrogen (secondary N) is 2. The maximum absolute atomic E-state index is 12.5. The maximum atomic E-state index is 12.5. The fourth-order valence-electron chi connectivity index (χ4n) is 2.29. The SMILES string of the molecule is CC/C(C)=C(N)/C=C(\CC)NC(=O)c1c[nH]c2ccccc2c1=O. The van der Waals surface area contributed by atoms with E-state index in [1.54, 1.807) is 24.3 Å². The number of rotatable bonds is 5. The third-order valence-corrected chi connectivity index (χ3v) is 4.04. The first-order valence-electron chi connectivity index (χ1n) is 8.05. The smallest absolute Gasteiger partial charge is 0.260 e. The Morgan fingerprint density at radius 1 is 1.25 bits per heavy atom. The molecule has 1 aromatic heterocycles. The lowest BCUT2D eigenvalue weighted by atomic mass is 10.1. The maximum Gasteiger partial charge on any atom is 0.260 e. The molecule has 0 saturated carbocycles. The second-order valence-corrected chi connectivity index (χ2v) is 5.64. The van der Waals surface area contributed by atoms with E-state index in [4.69, 9.17) is 5.73 Å². The van der Waals surface area contributed by atoms with Crippen LogP contribution in [0.1, 0.15) is 44.0 Å². The van der Waals surface area contributed by atoms with Gasteiger partial charge in [-0.3, -0.25) is 9.59 Å². The first-order valence-corrected chi connectivity index (χ1v) is 8.05. The summed E-state index contributed by atoms with van der Waals surface area (Å²) in [7, 11) is 0. The van der Waals surface area contributed by atoms with Gasteiger partial charge in [0.05, 0.1) is 0 Å². The van der Waals surface area contributed by atoms with E-state index in [0.717, 1.165) is 12.0 Å². The van der Waals surface area contributed by atoms with Gasteiger partial charge in [-0.2, -0.15) is 0 Å². The molecular weight excluding hydrogens is 302 g/mol. The van der Waals surface area contributed by atoms with Gasteiger partial charge in [-0.25, -0.2) is 0 Å². The molecule has 1 amide bonds. The zero-order valence-electron chi connectivity index (χ0n) is 14.3. The quantitative estimate of drug-likeness (QED) is 0.738. The van der Waals surface area contributed by atoms with Crippen molar-refractivity contribution in [3.63, 3.8) is 0 Å². The average Bonchev–Trinajstić information content (AvgIpc) is 2.60. The Bertz CT molecular complexity index is 876. The van der Waals surface area contributed by atoms with E-state index in [-0.39, 0.29) is 11.0 Å². The standard InChI is InChI=1S/C19H23N3O2/c1-4-12(3)16(20)10-13(5-2)22-19(24)15-11-21-17-9-7-6-8-14(17)18(15)23/h6-11H,4-5,20H2,1-3H3,(H,21,23)(H,22,24)/b13-10+,16-12-. The van der Waals surface area contributed by atoms with E-state index in [0.29, 0.717) is 28.7 Å². The summed E-state index contributed by atoms with van der Waals surface area (Å²) in [5.74, 6) is -0.433. The van der Waals surface area contributed by atoms with Crippen molar-refractivity contribution in [1.82, 2.24) is 10.3 Å². The van der Waals surface area contributed by atoms with Gasteiger partial charge in [0.15, 0.2) is 0 Å². The zero-order valence-corrected chi connectivity index (χ0v) is 14.3. The molecule has 0 aliphatic heterocycles. The lowest BCUT2D eigenvalue weighted by molar-refractivity contribution is 0.0963. The van der Waals surface area contributed by atoms with Crippen molar-refractivity contribution in [3.8, 4) is 0 Å². The van der Waals surface area contributed by atoms with Gasteiger partial charge >= 0.3 is 0 Å². The Kier molecular flexibility index (Phi) is 5.58. The van der Waals surface area contributed by atoms with E-state index in [1.807, 2.05) is 26.8 Å². The van der Waals surface area contributed by atoms with Gasteiger partial charge in [0.25, 0.3) is 5.91 Å². The number of allylic oxidation sites excluding steroid dienone is 3. The molecule has 0 aliphatic rings. The predicted molar refractivity (Wildman–Crippen MR) is 97.6 cm³/mol. The van der Waals surface area contributed by atoms with Gasteiger partial charge in [0.2, 0.25) is 5.43 Å². The number of aromatic nitrogens is 1. The Morgan fingerprint density at radius 3 is 2.62 bits per heavy atom. The second kappa shape index (κ2) is 7.64. The third-order valence-electron chi connectivity index (χ3n) is 4.04. The molecule has 2 rings (SSSR count). The molecule has 0 atom stereocenters. The summed E-state index contributed by atoms with van der Waals surface area (Å²) in [5.41, 5.74) is 8.88. The zero-order chi connectivity index (χ0) is 17.7. The van der Waals surface area contributed by atoms with E-state index in [9.17, 15) is 9.59 Å². The lowest BCUT2D eigenvalue weighted by Crippen LogP contribution is -2.28. The van der Waals surface area contributed by atoms with E-state index < -0.39 is 5.91 Å². The van der Waals surface area contributed by atoms with Gasteiger partial charge in [-0.05, 0) is 38.0 Å². The van der Waals surface area contributed by atoms with Crippen molar-refractivity contribution in [1.29, 1.82) is 0 Å². The molecular formula is C19H23N3O2. The van der Waals surface area contributed by atoms with Crippen molar-refractivity contribution in [2.75, 3.05) is 0 Å². The highest BCUT2D eigenvalue weighted by molar-refractivity contribution is 5.98.